The van der Waals surface area contributed by atoms with E-state index in [0.717, 1.165) is 6.42 Å². The largest absolute Gasteiger partial charge is 0.395 e. The predicted molar refractivity (Wildman–Crippen MR) is 91.2 cm³/mol. The number of benzene rings is 1. The minimum Gasteiger partial charge on any atom is -0.395 e. The molecule has 0 bridgehead atoms. The monoisotopic (exact) mass is 344 g/mol. The predicted octanol–water partition coefficient (Wildman–Crippen LogP) is 1.23. The third kappa shape index (κ3) is 3.21. The van der Waals surface area contributed by atoms with Gasteiger partial charge in [0.05, 0.1) is 18.2 Å². The first-order chi connectivity index (χ1) is 11.6. The van der Waals surface area contributed by atoms with Crippen molar-refractivity contribution in [1.29, 1.82) is 5.26 Å². The highest BCUT2D eigenvalue weighted by molar-refractivity contribution is 6.32. The van der Waals surface area contributed by atoms with Gasteiger partial charge in [0.1, 0.15) is 11.9 Å². The molecule has 1 aromatic rings. The van der Waals surface area contributed by atoms with Crippen LogP contribution in [0.1, 0.15) is 24.0 Å². The van der Waals surface area contributed by atoms with Crippen LogP contribution < -0.4 is 5.32 Å². The summed E-state index contributed by atoms with van der Waals surface area (Å²) in [5.74, 6) is -0.288. The Kier molecular flexibility index (Phi) is 5.81. The summed E-state index contributed by atoms with van der Waals surface area (Å²) >= 11 is 6.36. The van der Waals surface area contributed by atoms with Crippen molar-refractivity contribution < 1.29 is 9.90 Å². The molecule has 1 heterocycles. The fourth-order valence-electron chi connectivity index (χ4n) is 2.99. The van der Waals surface area contributed by atoms with Gasteiger partial charge in [0.15, 0.2) is 0 Å². The number of nitriles is 1. The summed E-state index contributed by atoms with van der Waals surface area (Å²) in [6, 6.07) is 9.04. The number of halogens is 1. The molecule has 24 heavy (non-hydrogen) atoms. The number of hydrogen-bond acceptors (Lipinski definition) is 4. The summed E-state index contributed by atoms with van der Waals surface area (Å²) in [6.45, 7) is 0.560. The van der Waals surface area contributed by atoms with Gasteiger partial charge >= 0.3 is 0 Å². The van der Waals surface area contributed by atoms with Crippen LogP contribution in [0.5, 0.6) is 0 Å². The lowest BCUT2D eigenvalue weighted by atomic mass is 9.85. The first kappa shape index (κ1) is 17.8. The maximum Gasteiger partial charge on any atom is 0.250 e. The quantitative estimate of drug-likeness (QED) is 0.477. The number of nitrogens with zero attached hydrogens (tertiary/aromatic N) is 3. The zero-order chi connectivity index (χ0) is 17.6. The number of carbonyl (C=O) groups is 1. The van der Waals surface area contributed by atoms with Crippen molar-refractivity contribution in [2.45, 2.75) is 18.4 Å². The molecule has 1 atom stereocenters. The van der Waals surface area contributed by atoms with Crippen molar-refractivity contribution in [3.8, 4) is 18.5 Å². The first-order valence-corrected chi connectivity index (χ1v) is 7.82. The zero-order valence-corrected chi connectivity index (χ0v) is 13.8. The third-order valence-electron chi connectivity index (χ3n) is 4.02. The summed E-state index contributed by atoms with van der Waals surface area (Å²) in [4.78, 5) is 18.5. The summed E-state index contributed by atoms with van der Waals surface area (Å²) < 4.78 is 0. The van der Waals surface area contributed by atoms with E-state index < -0.39 is 5.54 Å². The molecule has 0 saturated carbocycles. The molecule has 1 aliphatic rings. The molecule has 0 spiro atoms. The molecule has 1 amide bonds. The van der Waals surface area contributed by atoms with Gasteiger partial charge in [-0.05, 0) is 25.0 Å². The summed E-state index contributed by atoms with van der Waals surface area (Å²) in [6.07, 6.45) is 7.92. The molecule has 1 fully saturated rings. The smallest absolute Gasteiger partial charge is 0.250 e. The van der Waals surface area contributed by atoms with Gasteiger partial charge in [0.2, 0.25) is 0 Å². The Morgan fingerprint density at radius 1 is 1.62 bits per heavy atom. The molecule has 6 nitrogen and oxygen atoms in total. The van der Waals surface area contributed by atoms with Crippen molar-refractivity contribution in [3.63, 3.8) is 0 Å². The van der Waals surface area contributed by atoms with Crippen molar-refractivity contribution in [1.82, 2.24) is 10.2 Å². The maximum absolute atomic E-state index is 12.9. The highest BCUT2D eigenvalue weighted by Crippen LogP contribution is 2.41. The number of carbonyl (C=O) groups excluding carboxylic acids is 1. The SMILES string of the molecule is C#CN=CN1CCCC1(C(=O)NCCO)c1ccc(C#N)cc1Cl. The van der Waals surface area contributed by atoms with Crippen LogP contribution in [-0.4, -0.2) is 41.9 Å². The standard InChI is InChI=1S/C17H17ClN4O2/c1-2-20-12-22-8-3-6-17(22,16(24)21-7-9-23)14-5-4-13(11-19)10-15(14)18/h1,4-5,10,12,23H,3,6-9H2,(H,21,24). The molecule has 1 aliphatic heterocycles. The number of aliphatic imine (C=N–C) groups is 1. The van der Waals surface area contributed by atoms with Gasteiger partial charge in [-0.25, -0.2) is 0 Å². The Morgan fingerprint density at radius 3 is 3.04 bits per heavy atom. The second-order valence-electron chi connectivity index (χ2n) is 5.32. The molecule has 0 radical (unpaired) electrons. The molecule has 1 saturated heterocycles. The van der Waals surface area contributed by atoms with Crippen LogP contribution in [0.15, 0.2) is 23.2 Å². The highest BCUT2D eigenvalue weighted by atomic mass is 35.5. The van der Waals surface area contributed by atoms with E-state index in [1.807, 2.05) is 6.07 Å². The molecule has 2 rings (SSSR count). The second-order valence-corrected chi connectivity index (χ2v) is 5.72. The maximum atomic E-state index is 12.9. The number of likely N-dealkylation sites (tertiary alicyclic amines) is 1. The summed E-state index contributed by atoms with van der Waals surface area (Å²) in [7, 11) is 0. The fraction of sp³-hybridized carbons (Fsp3) is 0.353. The Bertz CT molecular complexity index is 735. The topological polar surface area (TPSA) is 88.7 Å². The van der Waals surface area contributed by atoms with E-state index in [9.17, 15) is 4.79 Å². The molecular weight excluding hydrogens is 328 g/mol. The van der Waals surface area contributed by atoms with Gasteiger partial charge < -0.3 is 15.3 Å². The van der Waals surface area contributed by atoms with Crippen LogP contribution >= 0.6 is 11.6 Å². The van der Waals surface area contributed by atoms with Crippen molar-refractivity contribution in [2.75, 3.05) is 19.7 Å². The van der Waals surface area contributed by atoms with Gasteiger partial charge in [-0.2, -0.15) is 10.3 Å². The third-order valence-corrected chi connectivity index (χ3v) is 4.33. The highest BCUT2D eigenvalue weighted by Gasteiger charge is 2.49. The number of aliphatic hydroxyl groups is 1. The lowest BCUT2D eigenvalue weighted by Crippen LogP contribution is -2.53. The van der Waals surface area contributed by atoms with Gasteiger partial charge in [-0.1, -0.05) is 24.1 Å². The van der Waals surface area contributed by atoms with Crippen molar-refractivity contribution in [2.24, 2.45) is 4.99 Å². The number of aliphatic hydroxyl groups excluding tert-OH is 1. The Hall–Kier alpha value is -2.54. The van der Waals surface area contributed by atoms with Crippen LogP contribution in [0.2, 0.25) is 5.02 Å². The molecule has 0 aromatic heterocycles. The summed E-state index contributed by atoms with van der Waals surface area (Å²) in [5, 5.41) is 21.0. The van der Waals surface area contributed by atoms with Crippen molar-refractivity contribution in [3.05, 3.63) is 34.3 Å². The minimum atomic E-state index is -1.07. The van der Waals surface area contributed by atoms with E-state index in [0.29, 0.717) is 29.1 Å². The van der Waals surface area contributed by atoms with E-state index >= 15 is 0 Å². The fourth-order valence-corrected chi connectivity index (χ4v) is 3.33. The van der Waals surface area contributed by atoms with Gasteiger partial charge in [-0.15, -0.1) is 0 Å². The number of hydrogen-bond donors (Lipinski definition) is 2. The van der Waals surface area contributed by atoms with Crippen LogP contribution in [0, 0.1) is 23.8 Å². The summed E-state index contributed by atoms with van der Waals surface area (Å²) in [5.41, 5.74) is -0.0725. The van der Waals surface area contributed by atoms with E-state index in [1.54, 1.807) is 17.0 Å². The molecule has 1 aromatic carbocycles. The Labute approximate surface area is 145 Å². The molecule has 124 valence electrons. The molecule has 0 aliphatic carbocycles. The average Bonchev–Trinajstić information content (AvgIpc) is 3.02. The van der Waals surface area contributed by atoms with Crippen LogP contribution in [0.4, 0.5) is 0 Å². The van der Waals surface area contributed by atoms with Crippen LogP contribution in [0.25, 0.3) is 0 Å². The van der Waals surface area contributed by atoms with E-state index in [1.165, 1.54) is 12.4 Å². The Morgan fingerprint density at radius 2 is 2.42 bits per heavy atom. The van der Waals surface area contributed by atoms with E-state index in [4.69, 9.17) is 28.4 Å². The second kappa shape index (κ2) is 7.83. The van der Waals surface area contributed by atoms with Gasteiger partial charge in [0, 0.05) is 29.7 Å². The van der Waals surface area contributed by atoms with Crippen LogP contribution in [0.3, 0.4) is 0 Å². The van der Waals surface area contributed by atoms with E-state index in [2.05, 4.69) is 16.4 Å². The minimum absolute atomic E-state index is 0.134. The number of rotatable bonds is 5. The average molecular weight is 345 g/mol. The molecule has 2 N–H and O–H groups in total. The van der Waals surface area contributed by atoms with Crippen molar-refractivity contribution >= 4 is 23.8 Å². The molecular formula is C17H17ClN4O2. The van der Waals surface area contributed by atoms with E-state index in [-0.39, 0.29) is 19.1 Å². The Balaban J connectivity index is 2.55. The number of nitrogens with one attached hydrogen (secondary N) is 1. The lowest BCUT2D eigenvalue weighted by molar-refractivity contribution is -0.130. The number of amides is 1. The molecule has 1 unspecified atom stereocenters. The zero-order valence-electron chi connectivity index (χ0n) is 13.0. The lowest BCUT2D eigenvalue weighted by Gasteiger charge is -2.36. The van der Waals surface area contributed by atoms with Gasteiger partial charge in [-0.3, -0.25) is 4.79 Å². The number of terminal acetylenes is 1. The van der Waals surface area contributed by atoms with Crippen LogP contribution in [-0.2, 0) is 10.3 Å². The van der Waals surface area contributed by atoms with Gasteiger partial charge in [0.25, 0.3) is 5.91 Å². The normalized spacial score (nSPS) is 19.9. The first-order valence-electron chi connectivity index (χ1n) is 7.45. The molecule has 7 heteroatoms.